The second-order valence-electron chi connectivity index (χ2n) is 6.20. The largest absolute Gasteiger partial charge is 0.497 e. The van der Waals surface area contributed by atoms with E-state index in [1.54, 1.807) is 7.11 Å². The number of aromatic nitrogens is 4. The maximum absolute atomic E-state index is 5.40. The van der Waals surface area contributed by atoms with Gasteiger partial charge in [0.25, 0.3) is 0 Å². The Kier molecular flexibility index (Phi) is 3.06. The van der Waals surface area contributed by atoms with Gasteiger partial charge >= 0.3 is 0 Å². The second-order valence-corrected chi connectivity index (χ2v) is 6.20. The third kappa shape index (κ3) is 2.20. The zero-order valence-electron chi connectivity index (χ0n) is 13.8. The lowest BCUT2D eigenvalue weighted by Crippen LogP contribution is -2.09. The predicted octanol–water partition coefficient (Wildman–Crippen LogP) is 3.57. The highest BCUT2D eigenvalue weighted by Gasteiger charge is 2.21. The maximum atomic E-state index is 5.40. The third-order valence-electron chi connectivity index (χ3n) is 4.74. The molecule has 2 aromatic heterocycles. The molecule has 2 heterocycles. The number of nitrogens with zero attached hydrogens (tertiary/aromatic N) is 4. The van der Waals surface area contributed by atoms with Crippen LogP contribution >= 0.6 is 0 Å². The minimum Gasteiger partial charge on any atom is -0.497 e. The van der Waals surface area contributed by atoms with Gasteiger partial charge in [0.05, 0.1) is 12.8 Å². The van der Waals surface area contributed by atoms with Crippen molar-refractivity contribution in [2.75, 3.05) is 7.11 Å². The van der Waals surface area contributed by atoms with Crippen molar-refractivity contribution in [3.05, 3.63) is 65.7 Å². The molecule has 0 aliphatic heterocycles. The first kappa shape index (κ1) is 14.2. The van der Waals surface area contributed by atoms with Crippen LogP contribution in [0.2, 0.25) is 0 Å². The van der Waals surface area contributed by atoms with Gasteiger partial charge < -0.3 is 4.74 Å². The Hall–Kier alpha value is -3.21. The average Bonchev–Trinajstić information content (AvgIpc) is 3.09. The molecule has 0 saturated carbocycles. The first-order valence-corrected chi connectivity index (χ1v) is 8.31. The fraction of sp³-hybridized carbons (Fsp3) is 0.150. The molecule has 5 nitrogen and oxygen atoms in total. The van der Waals surface area contributed by atoms with Gasteiger partial charge in [-0.2, -0.15) is 9.61 Å². The van der Waals surface area contributed by atoms with Crippen LogP contribution < -0.4 is 4.74 Å². The summed E-state index contributed by atoms with van der Waals surface area (Å²) < 4.78 is 7.24. The Morgan fingerprint density at radius 2 is 1.76 bits per heavy atom. The molecule has 5 rings (SSSR count). The minimum atomic E-state index is 0.758. The van der Waals surface area contributed by atoms with Crippen LogP contribution in [0, 0.1) is 0 Å². The number of hydrogen-bond acceptors (Lipinski definition) is 4. The molecule has 5 heteroatoms. The van der Waals surface area contributed by atoms with Gasteiger partial charge in [-0.25, -0.2) is 0 Å². The smallest absolute Gasteiger partial charge is 0.185 e. The lowest BCUT2D eigenvalue weighted by Gasteiger charge is -2.19. The number of rotatable bonds is 2. The van der Waals surface area contributed by atoms with Crippen molar-refractivity contribution < 1.29 is 4.74 Å². The molecule has 122 valence electrons. The highest BCUT2D eigenvalue weighted by atomic mass is 16.5. The number of hydrogen-bond donors (Lipinski definition) is 0. The summed E-state index contributed by atoms with van der Waals surface area (Å²) >= 11 is 0. The lowest BCUT2D eigenvalue weighted by atomic mass is 9.89. The maximum Gasteiger partial charge on any atom is 0.185 e. The van der Waals surface area contributed by atoms with Gasteiger partial charge in [-0.05, 0) is 42.2 Å². The van der Waals surface area contributed by atoms with Gasteiger partial charge in [0.2, 0.25) is 0 Å². The Morgan fingerprint density at radius 1 is 0.920 bits per heavy atom. The molecule has 0 bridgehead atoms. The molecule has 0 fully saturated rings. The number of ether oxygens (including phenoxy) is 1. The molecule has 0 atom stereocenters. The van der Waals surface area contributed by atoms with Gasteiger partial charge in [0.1, 0.15) is 5.75 Å². The average molecular weight is 328 g/mol. The highest BCUT2D eigenvalue weighted by Crippen LogP contribution is 2.35. The second kappa shape index (κ2) is 5.41. The van der Waals surface area contributed by atoms with Gasteiger partial charge in [-0.3, -0.25) is 0 Å². The molecule has 0 amide bonds. The highest BCUT2D eigenvalue weighted by molar-refractivity contribution is 5.73. The summed E-state index contributed by atoms with van der Waals surface area (Å²) in [6.45, 7) is 0. The summed E-state index contributed by atoms with van der Waals surface area (Å²) in [5, 5.41) is 13.6. The first-order valence-electron chi connectivity index (χ1n) is 8.31. The molecule has 4 aromatic rings. The van der Waals surface area contributed by atoms with Gasteiger partial charge in [0, 0.05) is 11.1 Å². The van der Waals surface area contributed by atoms with Crippen molar-refractivity contribution in [2.45, 2.75) is 12.8 Å². The molecule has 0 N–H and O–H groups in total. The predicted molar refractivity (Wildman–Crippen MR) is 95.6 cm³/mol. The molecule has 0 radical (unpaired) electrons. The number of methoxy groups -OCH3 is 1. The molecular formula is C20H16N4O. The molecule has 0 saturated heterocycles. The van der Waals surface area contributed by atoms with E-state index in [9.17, 15) is 0 Å². The summed E-state index contributed by atoms with van der Waals surface area (Å²) in [6.07, 6.45) is 1.97. The Morgan fingerprint density at radius 3 is 2.60 bits per heavy atom. The Bertz CT molecular complexity index is 1090. The zero-order chi connectivity index (χ0) is 16.8. The van der Waals surface area contributed by atoms with Crippen LogP contribution in [0.5, 0.6) is 5.75 Å². The molecule has 0 spiro atoms. The SMILES string of the molecule is COc1ccc2c(c1)-c1nn3c(-c4ccccc4)nnc3cc1CC2. The first-order chi connectivity index (χ1) is 12.3. The fourth-order valence-electron chi connectivity index (χ4n) is 3.44. The summed E-state index contributed by atoms with van der Waals surface area (Å²) in [5.41, 5.74) is 6.42. The standard InChI is InChI=1S/C20H16N4O/c1-25-16-10-9-13-7-8-15-11-18-21-22-20(14-5-3-2-4-6-14)24(18)23-19(15)17(13)12-16/h2-6,9-12H,7-8H2,1H3. The molecule has 1 aliphatic carbocycles. The summed E-state index contributed by atoms with van der Waals surface area (Å²) in [5.74, 6) is 1.61. The van der Waals surface area contributed by atoms with E-state index in [2.05, 4.69) is 28.4 Å². The fourth-order valence-corrected chi connectivity index (χ4v) is 3.44. The van der Waals surface area contributed by atoms with Crippen molar-refractivity contribution >= 4 is 5.65 Å². The normalized spacial score (nSPS) is 12.7. The van der Waals surface area contributed by atoms with Crippen molar-refractivity contribution in [1.29, 1.82) is 0 Å². The molecule has 0 unspecified atom stereocenters. The van der Waals surface area contributed by atoms with Crippen molar-refractivity contribution in [1.82, 2.24) is 19.8 Å². The van der Waals surface area contributed by atoms with Gasteiger partial charge in [0.15, 0.2) is 11.5 Å². The topological polar surface area (TPSA) is 52.3 Å². The summed E-state index contributed by atoms with van der Waals surface area (Å²) in [7, 11) is 1.69. The van der Waals surface area contributed by atoms with Crippen LogP contribution in [0.1, 0.15) is 11.1 Å². The molecular weight excluding hydrogens is 312 g/mol. The Balaban J connectivity index is 1.75. The third-order valence-corrected chi connectivity index (χ3v) is 4.74. The van der Waals surface area contributed by atoms with Gasteiger partial charge in [-0.15, -0.1) is 10.2 Å². The van der Waals surface area contributed by atoms with E-state index >= 15 is 0 Å². The van der Waals surface area contributed by atoms with Crippen LogP contribution in [0.4, 0.5) is 0 Å². The van der Waals surface area contributed by atoms with E-state index in [0.29, 0.717) is 0 Å². The van der Waals surface area contributed by atoms with Crippen LogP contribution in [0.15, 0.2) is 54.6 Å². The lowest BCUT2D eigenvalue weighted by molar-refractivity contribution is 0.415. The van der Waals surface area contributed by atoms with Crippen LogP contribution in [-0.4, -0.2) is 26.9 Å². The zero-order valence-corrected chi connectivity index (χ0v) is 13.8. The van der Waals surface area contributed by atoms with E-state index in [0.717, 1.165) is 46.9 Å². The van der Waals surface area contributed by atoms with Crippen molar-refractivity contribution in [2.24, 2.45) is 0 Å². The van der Waals surface area contributed by atoms with Crippen molar-refractivity contribution in [3.8, 4) is 28.4 Å². The van der Waals surface area contributed by atoms with Crippen molar-refractivity contribution in [3.63, 3.8) is 0 Å². The summed E-state index contributed by atoms with van der Waals surface area (Å²) in [4.78, 5) is 0. The van der Waals surface area contributed by atoms with E-state index in [4.69, 9.17) is 9.84 Å². The van der Waals surface area contributed by atoms with E-state index in [1.807, 2.05) is 40.9 Å². The Labute approximate surface area is 144 Å². The number of aryl methyl sites for hydroxylation is 2. The molecule has 2 aromatic carbocycles. The van der Waals surface area contributed by atoms with Crippen LogP contribution in [0.3, 0.4) is 0 Å². The molecule has 1 aliphatic rings. The van der Waals surface area contributed by atoms with Crippen LogP contribution in [-0.2, 0) is 12.8 Å². The van der Waals surface area contributed by atoms with E-state index < -0.39 is 0 Å². The van der Waals surface area contributed by atoms with E-state index in [-0.39, 0.29) is 0 Å². The number of benzene rings is 2. The summed E-state index contributed by atoms with van der Waals surface area (Å²) in [6, 6.07) is 18.3. The minimum absolute atomic E-state index is 0.758. The number of fused-ring (bicyclic) bond motifs is 4. The molecule has 25 heavy (non-hydrogen) atoms. The van der Waals surface area contributed by atoms with Gasteiger partial charge in [-0.1, -0.05) is 36.4 Å². The quantitative estimate of drug-likeness (QED) is 0.564. The van der Waals surface area contributed by atoms with E-state index in [1.165, 1.54) is 11.1 Å². The monoisotopic (exact) mass is 328 g/mol. The van der Waals surface area contributed by atoms with Crippen LogP contribution in [0.25, 0.3) is 28.3 Å².